The second kappa shape index (κ2) is 33.5. The molecule has 1 aromatic carbocycles. The summed E-state index contributed by atoms with van der Waals surface area (Å²) in [5.74, 6) is -10.9. The molecule has 456 valence electrons. The highest BCUT2D eigenvalue weighted by Gasteiger charge is 2.43. The number of carbonyl (C=O) groups excluding carboxylic acids is 10. The molecule has 0 aliphatic carbocycles. The molecule has 0 radical (unpaired) electrons. The number of hydrogen-bond acceptors (Lipinski definition) is 16. The number of hydrogen-bond donors (Lipinski definition) is 16. The predicted octanol–water partition coefficient (Wildman–Crippen LogP) is -6.56. The Balaban J connectivity index is 1.75. The summed E-state index contributed by atoms with van der Waals surface area (Å²) in [4.78, 5) is 157. The van der Waals surface area contributed by atoms with Gasteiger partial charge in [-0.05, 0) is 89.5 Å². The quantitative estimate of drug-likeness (QED) is 0.0177. The average molecular weight is 1160 g/mol. The van der Waals surface area contributed by atoms with Gasteiger partial charge in [-0.3, -0.25) is 57.9 Å². The minimum absolute atomic E-state index is 0.00545. The van der Waals surface area contributed by atoms with Crippen LogP contribution in [-0.2, 0) is 59.2 Å². The van der Waals surface area contributed by atoms with Crippen LogP contribution < -0.4 is 71.6 Å². The van der Waals surface area contributed by atoms with Crippen LogP contribution in [0.25, 0.3) is 0 Å². The lowest BCUT2D eigenvalue weighted by atomic mass is 10.0. The SMILES string of the molecule is CC(C)[C@H](NC(=O)[C@@H]1CCCN1C(=O)[C@H](CCCN=C(N)N)NC(=O)[C@@H](NC(=O)CNC(=O)[C@H](CCCN=C(N)N)NC(=O)[C@@H]1CCCN1C(=O)[C@@H](NC(=O)[C@@H](N)Cc1ccccc1)[C@@H](C)O)[C@@H](C)O)C(=O)N[C@@H](CCC(N)=O)C(=O)O. The topological polar surface area (TPSA) is 520 Å². The van der Waals surface area contributed by atoms with Crippen molar-refractivity contribution in [3.8, 4) is 0 Å². The zero-order valence-corrected chi connectivity index (χ0v) is 46.7. The van der Waals surface area contributed by atoms with E-state index in [1.54, 1.807) is 44.2 Å². The highest BCUT2D eigenvalue weighted by Crippen LogP contribution is 2.22. The lowest BCUT2D eigenvalue weighted by Gasteiger charge is -2.31. The number of rotatable bonds is 33. The number of carboxylic acid groups (broad SMARTS) is 1. The fraction of sp³-hybridized carbons (Fsp3) is 0.627. The maximum absolute atomic E-state index is 14.4. The van der Waals surface area contributed by atoms with E-state index >= 15 is 0 Å². The average Bonchev–Trinajstić information content (AvgIpc) is 4.28. The Hall–Kier alpha value is -8.19. The Morgan fingerprint density at radius 2 is 1.11 bits per heavy atom. The van der Waals surface area contributed by atoms with Crippen molar-refractivity contribution in [3.63, 3.8) is 0 Å². The summed E-state index contributed by atoms with van der Waals surface area (Å²) in [7, 11) is 0. The lowest BCUT2D eigenvalue weighted by molar-refractivity contribution is -0.144. The number of nitrogens with two attached hydrogens (primary N) is 6. The third kappa shape index (κ3) is 22.0. The fourth-order valence-corrected chi connectivity index (χ4v) is 9.17. The van der Waals surface area contributed by atoms with E-state index in [1.807, 2.05) is 0 Å². The van der Waals surface area contributed by atoms with Crippen molar-refractivity contribution < 1.29 is 68.1 Å². The Bertz CT molecular complexity index is 2450. The van der Waals surface area contributed by atoms with Gasteiger partial charge < -0.3 is 96.7 Å². The zero-order valence-electron chi connectivity index (χ0n) is 46.7. The molecule has 0 aromatic heterocycles. The van der Waals surface area contributed by atoms with Crippen LogP contribution in [0.5, 0.6) is 0 Å². The van der Waals surface area contributed by atoms with Crippen molar-refractivity contribution in [2.45, 2.75) is 165 Å². The monoisotopic (exact) mass is 1160 g/mol. The number of guanidine groups is 2. The van der Waals surface area contributed by atoms with Crippen molar-refractivity contribution in [2.24, 2.45) is 50.3 Å². The minimum Gasteiger partial charge on any atom is -0.480 e. The third-order valence-electron chi connectivity index (χ3n) is 13.5. The highest BCUT2D eigenvalue weighted by molar-refractivity contribution is 5.98. The van der Waals surface area contributed by atoms with Gasteiger partial charge in [0.25, 0.3) is 0 Å². The molecular formula is C51H83N17O14. The number of nitrogens with zero attached hydrogens (tertiary/aromatic N) is 4. The molecule has 2 aliphatic heterocycles. The van der Waals surface area contributed by atoms with Gasteiger partial charge in [0.15, 0.2) is 11.9 Å². The first-order chi connectivity index (χ1) is 38.6. The number of primary amides is 1. The molecule has 10 amide bonds. The molecular weight excluding hydrogens is 1070 g/mol. The molecule has 0 bridgehead atoms. The van der Waals surface area contributed by atoms with Crippen LogP contribution in [0, 0.1) is 5.92 Å². The summed E-state index contributed by atoms with van der Waals surface area (Å²) in [6.45, 7) is 4.98. The molecule has 82 heavy (non-hydrogen) atoms. The molecule has 0 spiro atoms. The number of likely N-dealkylation sites (tertiary alicyclic amines) is 2. The van der Waals surface area contributed by atoms with E-state index in [1.165, 1.54) is 23.6 Å². The molecule has 3 rings (SSSR count). The van der Waals surface area contributed by atoms with Gasteiger partial charge in [-0.2, -0.15) is 0 Å². The standard InChI is InChI=1S/C51H83N17O14/c1-26(2)38(45(77)63-33(49(81)82)18-19-36(53)71)65-44(76)35-17-10-22-67(35)47(79)32(15-9-21-59-51(56)57)62-46(78)39(27(3)69)64-37(72)25-60-42(74)31(14-8-20-58-50(54)55)61-43(75)34-16-11-23-68(34)48(80)40(28(4)70)66-41(73)30(52)24-29-12-6-5-7-13-29/h5-7,12-13,26-28,30-35,38-40,69-70H,8-11,14-25,52H2,1-4H3,(H2,53,71)(H,60,74)(H,61,75)(H,62,78)(H,63,77)(H,64,72)(H,65,76)(H,66,73)(H,81,82)(H4,54,55,58)(H4,56,57,59)/t27-,28-,30+,31+,32+,33+,34+,35+,38+,39+,40+/m1/s1. The van der Waals surface area contributed by atoms with Gasteiger partial charge in [-0.15, -0.1) is 0 Å². The van der Waals surface area contributed by atoms with E-state index in [4.69, 9.17) is 34.4 Å². The molecule has 22 N–H and O–H groups in total. The number of nitrogens with one attached hydrogen (secondary N) is 7. The summed E-state index contributed by atoms with van der Waals surface area (Å²) >= 11 is 0. The number of amides is 10. The Morgan fingerprint density at radius 1 is 0.598 bits per heavy atom. The molecule has 31 heteroatoms. The smallest absolute Gasteiger partial charge is 0.326 e. The Labute approximate surface area is 474 Å². The lowest BCUT2D eigenvalue weighted by Crippen LogP contribution is -2.61. The van der Waals surface area contributed by atoms with E-state index in [0.717, 1.165) is 5.56 Å². The number of benzene rings is 1. The molecule has 2 heterocycles. The van der Waals surface area contributed by atoms with E-state index in [2.05, 4.69) is 47.2 Å². The molecule has 1 aromatic rings. The van der Waals surface area contributed by atoms with Crippen LogP contribution in [0.1, 0.15) is 97.5 Å². The van der Waals surface area contributed by atoms with Gasteiger partial charge in [0.1, 0.15) is 48.3 Å². The van der Waals surface area contributed by atoms with Gasteiger partial charge in [-0.1, -0.05) is 44.2 Å². The summed E-state index contributed by atoms with van der Waals surface area (Å²) in [6, 6.07) is -3.27. The largest absolute Gasteiger partial charge is 0.480 e. The number of aliphatic carboxylic acids is 1. The molecule has 2 aliphatic rings. The molecule has 11 atom stereocenters. The number of aliphatic imine (C=N–C) groups is 2. The van der Waals surface area contributed by atoms with Crippen LogP contribution in [-0.4, -0.2) is 201 Å². The Morgan fingerprint density at radius 3 is 1.62 bits per heavy atom. The van der Waals surface area contributed by atoms with Crippen molar-refractivity contribution in [2.75, 3.05) is 32.7 Å². The predicted molar refractivity (Wildman–Crippen MR) is 296 cm³/mol. The number of aliphatic hydroxyl groups is 2. The van der Waals surface area contributed by atoms with Crippen molar-refractivity contribution in [3.05, 3.63) is 35.9 Å². The summed E-state index contributed by atoms with van der Waals surface area (Å²) in [5.41, 5.74) is 34.0. The van der Waals surface area contributed by atoms with Crippen molar-refractivity contribution in [1.82, 2.24) is 47.0 Å². The van der Waals surface area contributed by atoms with Crippen molar-refractivity contribution in [1.29, 1.82) is 0 Å². The van der Waals surface area contributed by atoms with Gasteiger partial charge in [0.2, 0.25) is 59.1 Å². The van der Waals surface area contributed by atoms with Crippen molar-refractivity contribution >= 4 is 77.0 Å². The normalized spacial score (nSPS) is 18.1. The number of carboxylic acids is 1. The first-order valence-corrected chi connectivity index (χ1v) is 27.1. The number of aliphatic hydroxyl groups excluding tert-OH is 2. The first kappa shape index (κ1) is 68.1. The van der Waals surface area contributed by atoms with Gasteiger partial charge in [-0.25, -0.2) is 4.79 Å². The van der Waals surface area contributed by atoms with E-state index < -0.39 is 144 Å². The maximum atomic E-state index is 14.4. The fourth-order valence-electron chi connectivity index (χ4n) is 9.17. The van der Waals surface area contributed by atoms with Crippen LogP contribution in [0.4, 0.5) is 0 Å². The number of carbonyl (C=O) groups is 11. The van der Waals surface area contributed by atoms with Gasteiger partial charge in [0.05, 0.1) is 24.8 Å². The van der Waals surface area contributed by atoms with Crippen LogP contribution in [0.15, 0.2) is 40.3 Å². The zero-order chi connectivity index (χ0) is 61.4. The van der Waals surface area contributed by atoms with E-state index in [9.17, 15) is 68.1 Å². The molecule has 2 fully saturated rings. The second-order valence-electron chi connectivity index (χ2n) is 20.6. The molecule has 0 saturated carbocycles. The molecule has 2 saturated heterocycles. The summed E-state index contributed by atoms with van der Waals surface area (Å²) in [6.07, 6.45) is -2.52. The summed E-state index contributed by atoms with van der Waals surface area (Å²) in [5, 5.41) is 48.4. The molecule has 31 nitrogen and oxygen atoms in total. The van der Waals surface area contributed by atoms with E-state index in [-0.39, 0.29) is 95.9 Å². The molecule has 0 unspecified atom stereocenters. The van der Waals surface area contributed by atoms with Crippen LogP contribution >= 0.6 is 0 Å². The Kier molecular flexibility index (Phi) is 27.8. The van der Waals surface area contributed by atoms with Gasteiger partial charge >= 0.3 is 5.97 Å². The minimum atomic E-state index is -1.74. The van der Waals surface area contributed by atoms with Crippen LogP contribution in [0.3, 0.4) is 0 Å². The van der Waals surface area contributed by atoms with Gasteiger partial charge in [0, 0.05) is 32.6 Å². The highest BCUT2D eigenvalue weighted by atomic mass is 16.4. The van der Waals surface area contributed by atoms with Crippen LogP contribution in [0.2, 0.25) is 0 Å². The summed E-state index contributed by atoms with van der Waals surface area (Å²) < 4.78 is 0. The maximum Gasteiger partial charge on any atom is 0.326 e. The van der Waals surface area contributed by atoms with E-state index in [0.29, 0.717) is 12.8 Å². The third-order valence-corrected chi connectivity index (χ3v) is 13.5. The first-order valence-electron chi connectivity index (χ1n) is 27.1. The second-order valence-corrected chi connectivity index (χ2v) is 20.6.